The van der Waals surface area contributed by atoms with Crippen LogP contribution in [-0.2, 0) is 9.53 Å². The van der Waals surface area contributed by atoms with Crippen LogP contribution in [0.2, 0.25) is 0 Å². The molecule has 122 valence electrons. The number of carbonyl (C=O) groups excluding carboxylic acids is 1. The molecule has 0 aromatic heterocycles. The maximum atomic E-state index is 11.2. The van der Waals surface area contributed by atoms with E-state index in [1.54, 1.807) is 13.2 Å². The van der Waals surface area contributed by atoms with Crippen LogP contribution >= 0.6 is 0 Å². The average molecular weight is 317 g/mol. The molecule has 0 saturated heterocycles. The van der Waals surface area contributed by atoms with E-state index in [1.807, 2.05) is 24.3 Å². The van der Waals surface area contributed by atoms with Gasteiger partial charge in [-0.15, -0.1) is 0 Å². The first-order valence-corrected chi connectivity index (χ1v) is 7.17. The molecule has 1 aromatic carbocycles. The molecule has 1 amide bonds. The molecule has 0 aliphatic carbocycles. The molecule has 0 fully saturated rings. The van der Waals surface area contributed by atoms with E-state index >= 15 is 0 Å². The predicted molar refractivity (Wildman–Crippen MR) is 86.2 cm³/mol. The minimum atomic E-state index is -0.915. The topological polar surface area (TPSA) is 76.1 Å². The quantitative estimate of drug-likeness (QED) is 0.682. The van der Waals surface area contributed by atoms with Gasteiger partial charge >= 0.3 is 12.1 Å². The van der Waals surface area contributed by atoms with Gasteiger partial charge in [0.25, 0.3) is 0 Å². The number of nitrogens with zero attached hydrogens (tertiary/aromatic N) is 1. The van der Waals surface area contributed by atoms with E-state index in [2.05, 4.69) is 4.74 Å². The van der Waals surface area contributed by atoms with Gasteiger partial charge in [-0.2, -0.15) is 0 Å². The minimum absolute atomic E-state index is 0.357. The van der Waals surface area contributed by atoms with Gasteiger partial charge in [0, 0.05) is 30.3 Å². The lowest BCUT2D eigenvalue weighted by Crippen LogP contribution is -2.33. The van der Waals surface area contributed by atoms with Crippen LogP contribution in [0.25, 0.3) is 11.6 Å². The molecule has 23 heavy (non-hydrogen) atoms. The fourth-order valence-electron chi connectivity index (χ4n) is 2.48. The molecule has 1 aromatic rings. The largest absolute Gasteiger partial charge is 0.495 e. The summed E-state index contributed by atoms with van der Waals surface area (Å²) in [5.74, 6) is 0.217. The van der Waals surface area contributed by atoms with Gasteiger partial charge in [0.05, 0.1) is 14.2 Å². The SMILES string of the molecule is COC(=O)C=Cc1cccc(C2=CCN(C(=O)O)CC2)c1OC. The number of para-hydroxylation sites is 1. The molecule has 0 saturated carbocycles. The number of methoxy groups -OCH3 is 2. The summed E-state index contributed by atoms with van der Waals surface area (Å²) in [4.78, 5) is 23.6. The third kappa shape index (κ3) is 3.91. The molecule has 0 atom stereocenters. The first-order valence-electron chi connectivity index (χ1n) is 7.17. The van der Waals surface area contributed by atoms with Gasteiger partial charge in [-0.1, -0.05) is 24.3 Å². The van der Waals surface area contributed by atoms with Crippen LogP contribution in [0.4, 0.5) is 4.79 Å². The van der Waals surface area contributed by atoms with E-state index in [1.165, 1.54) is 18.1 Å². The van der Waals surface area contributed by atoms with Crippen molar-refractivity contribution in [1.29, 1.82) is 0 Å². The molecule has 6 heteroatoms. The number of amides is 1. The second-order valence-corrected chi connectivity index (χ2v) is 4.99. The number of ether oxygens (including phenoxy) is 2. The minimum Gasteiger partial charge on any atom is -0.495 e. The average Bonchev–Trinajstić information content (AvgIpc) is 2.59. The van der Waals surface area contributed by atoms with Crippen molar-refractivity contribution < 1.29 is 24.2 Å². The van der Waals surface area contributed by atoms with E-state index in [0.717, 1.165) is 16.7 Å². The lowest BCUT2D eigenvalue weighted by atomic mass is 9.96. The molecular weight excluding hydrogens is 298 g/mol. The van der Waals surface area contributed by atoms with Crippen molar-refractivity contribution >= 4 is 23.7 Å². The highest BCUT2D eigenvalue weighted by Crippen LogP contribution is 2.33. The maximum absolute atomic E-state index is 11.2. The van der Waals surface area contributed by atoms with Crippen molar-refractivity contribution in [2.24, 2.45) is 0 Å². The van der Waals surface area contributed by atoms with Crippen LogP contribution in [0.15, 0.2) is 30.4 Å². The standard InChI is InChI=1S/C17H19NO5/c1-22-15(19)7-6-13-4-3-5-14(16(13)23-2)12-8-10-18(11-9-12)17(20)21/h3-8H,9-11H2,1-2H3,(H,20,21). The molecule has 1 aliphatic rings. The van der Waals surface area contributed by atoms with Crippen LogP contribution in [0, 0.1) is 0 Å². The van der Waals surface area contributed by atoms with Crippen molar-refractivity contribution in [2.75, 3.05) is 27.3 Å². The molecule has 6 nitrogen and oxygen atoms in total. The Morgan fingerprint density at radius 3 is 2.65 bits per heavy atom. The number of carboxylic acid groups (broad SMARTS) is 1. The van der Waals surface area contributed by atoms with Crippen LogP contribution in [0.1, 0.15) is 17.5 Å². The van der Waals surface area contributed by atoms with Crippen molar-refractivity contribution in [3.05, 3.63) is 41.5 Å². The number of carbonyl (C=O) groups is 2. The summed E-state index contributed by atoms with van der Waals surface area (Å²) < 4.78 is 10.1. The van der Waals surface area contributed by atoms with E-state index in [0.29, 0.717) is 25.3 Å². The zero-order valence-electron chi connectivity index (χ0n) is 13.1. The van der Waals surface area contributed by atoms with Crippen molar-refractivity contribution in [3.8, 4) is 5.75 Å². The Hall–Kier alpha value is -2.76. The molecule has 1 heterocycles. The van der Waals surface area contributed by atoms with Crippen molar-refractivity contribution in [1.82, 2.24) is 4.90 Å². The second-order valence-electron chi connectivity index (χ2n) is 4.99. The van der Waals surface area contributed by atoms with Gasteiger partial charge in [-0.25, -0.2) is 9.59 Å². The fraction of sp³-hybridized carbons (Fsp3) is 0.294. The van der Waals surface area contributed by atoms with Crippen LogP contribution < -0.4 is 4.74 Å². The molecule has 2 rings (SSSR count). The first kappa shape index (κ1) is 16.6. The smallest absolute Gasteiger partial charge is 0.407 e. The highest BCUT2D eigenvalue weighted by atomic mass is 16.5. The van der Waals surface area contributed by atoms with Crippen LogP contribution in [0.5, 0.6) is 5.75 Å². The summed E-state index contributed by atoms with van der Waals surface area (Å²) >= 11 is 0. The van der Waals surface area contributed by atoms with Gasteiger partial charge in [-0.05, 0) is 18.1 Å². The monoisotopic (exact) mass is 317 g/mol. The molecule has 1 aliphatic heterocycles. The summed E-state index contributed by atoms with van der Waals surface area (Å²) in [5.41, 5.74) is 2.70. The lowest BCUT2D eigenvalue weighted by molar-refractivity contribution is -0.134. The van der Waals surface area contributed by atoms with E-state index in [4.69, 9.17) is 9.84 Å². The predicted octanol–water partition coefficient (Wildman–Crippen LogP) is 2.65. The summed E-state index contributed by atoms with van der Waals surface area (Å²) in [5, 5.41) is 9.00. The number of hydrogen-bond donors (Lipinski definition) is 1. The Balaban J connectivity index is 2.31. The first-order chi connectivity index (χ1) is 11.1. The third-order valence-corrected chi connectivity index (χ3v) is 3.68. The molecule has 0 unspecified atom stereocenters. The highest BCUT2D eigenvalue weighted by molar-refractivity contribution is 5.88. The van der Waals surface area contributed by atoms with E-state index in [9.17, 15) is 9.59 Å². The Morgan fingerprint density at radius 1 is 1.30 bits per heavy atom. The van der Waals surface area contributed by atoms with Gasteiger partial charge in [0.2, 0.25) is 0 Å². The van der Waals surface area contributed by atoms with Crippen LogP contribution in [-0.4, -0.2) is 49.4 Å². The van der Waals surface area contributed by atoms with Crippen molar-refractivity contribution in [2.45, 2.75) is 6.42 Å². The maximum Gasteiger partial charge on any atom is 0.407 e. The molecule has 0 bridgehead atoms. The number of benzene rings is 1. The molecule has 0 radical (unpaired) electrons. The van der Waals surface area contributed by atoms with Crippen LogP contribution in [0.3, 0.4) is 0 Å². The highest BCUT2D eigenvalue weighted by Gasteiger charge is 2.19. The lowest BCUT2D eigenvalue weighted by Gasteiger charge is -2.25. The Bertz CT molecular complexity index is 663. The fourth-order valence-corrected chi connectivity index (χ4v) is 2.48. The Kier molecular flexibility index (Phi) is 5.41. The number of rotatable bonds is 4. The summed E-state index contributed by atoms with van der Waals surface area (Å²) in [6, 6.07) is 5.64. The van der Waals surface area contributed by atoms with Crippen molar-refractivity contribution in [3.63, 3.8) is 0 Å². The summed E-state index contributed by atoms with van der Waals surface area (Å²) in [6.45, 7) is 0.808. The zero-order chi connectivity index (χ0) is 16.8. The zero-order valence-corrected chi connectivity index (χ0v) is 13.1. The van der Waals surface area contributed by atoms with Gasteiger partial charge in [0.1, 0.15) is 5.75 Å². The second kappa shape index (κ2) is 7.49. The number of hydrogen-bond acceptors (Lipinski definition) is 4. The summed E-state index contributed by atoms with van der Waals surface area (Å²) in [7, 11) is 2.89. The Labute approximate surface area is 134 Å². The van der Waals surface area contributed by atoms with E-state index < -0.39 is 12.1 Å². The Morgan fingerprint density at radius 2 is 2.09 bits per heavy atom. The number of esters is 1. The summed E-state index contributed by atoms with van der Waals surface area (Å²) in [6.07, 6.45) is 4.57. The third-order valence-electron chi connectivity index (χ3n) is 3.68. The molecular formula is C17H19NO5. The molecule has 0 spiro atoms. The van der Waals surface area contributed by atoms with Gasteiger partial charge < -0.3 is 19.5 Å². The molecule has 1 N–H and O–H groups in total. The van der Waals surface area contributed by atoms with Gasteiger partial charge in [0.15, 0.2) is 0 Å². The van der Waals surface area contributed by atoms with E-state index in [-0.39, 0.29) is 0 Å². The van der Waals surface area contributed by atoms with Gasteiger partial charge in [-0.3, -0.25) is 0 Å². The normalized spacial score (nSPS) is 14.5.